The smallest absolute Gasteiger partial charge is 0.123 e. The molecule has 1 aromatic carbocycles. The summed E-state index contributed by atoms with van der Waals surface area (Å²) in [5, 5.41) is 3.30. The second kappa shape index (κ2) is 6.59. The van der Waals surface area contributed by atoms with E-state index in [-0.39, 0.29) is 6.04 Å². The number of nitrogens with one attached hydrogen (secondary N) is 1. The Bertz CT molecular complexity index is 366. The molecule has 17 heavy (non-hydrogen) atoms. The highest BCUT2D eigenvalue weighted by Crippen LogP contribution is 2.23. The molecule has 0 aliphatic carbocycles. The molecule has 1 aromatic rings. The van der Waals surface area contributed by atoms with E-state index >= 15 is 0 Å². The lowest BCUT2D eigenvalue weighted by Crippen LogP contribution is -2.39. The third-order valence-corrected chi connectivity index (χ3v) is 2.81. The Morgan fingerprint density at radius 2 is 2.06 bits per heavy atom. The van der Waals surface area contributed by atoms with Crippen molar-refractivity contribution < 1.29 is 4.74 Å². The Labute approximate surface area is 103 Å². The summed E-state index contributed by atoms with van der Waals surface area (Å²) in [6.07, 6.45) is 0. The highest BCUT2D eigenvalue weighted by Gasteiger charge is 2.08. The maximum Gasteiger partial charge on any atom is 0.123 e. The van der Waals surface area contributed by atoms with E-state index in [9.17, 15) is 0 Å². The third kappa shape index (κ3) is 4.00. The topological polar surface area (TPSA) is 73.3 Å². The van der Waals surface area contributed by atoms with Crippen LogP contribution in [0.25, 0.3) is 0 Å². The molecule has 0 aromatic heterocycles. The molecule has 4 nitrogen and oxygen atoms in total. The van der Waals surface area contributed by atoms with Crippen molar-refractivity contribution in [2.24, 2.45) is 11.5 Å². The average Bonchev–Trinajstić information content (AvgIpc) is 2.30. The monoisotopic (exact) mass is 237 g/mol. The molecule has 0 saturated heterocycles. The highest BCUT2D eigenvalue weighted by molar-refractivity contribution is 5.42. The molecule has 0 fully saturated rings. The Morgan fingerprint density at radius 3 is 2.65 bits per heavy atom. The van der Waals surface area contributed by atoms with Gasteiger partial charge in [-0.15, -0.1) is 0 Å². The van der Waals surface area contributed by atoms with E-state index in [0.29, 0.717) is 13.1 Å². The number of hydrogen-bond donors (Lipinski definition) is 3. The number of aryl methyl sites for hydroxylation is 2. The zero-order chi connectivity index (χ0) is 12.8. The lowest BCUT2D eigenvalue weighted by Gasteiger charge is -2.15. The largest absolute Gasteiger partial charge is 0.496 e. The van der Waals surface area contributed by atoms with E-state index in [1.54, 1.807) is 7.11 Å². The van der Waals surface area contributed by atoms with Gasteiger partial charge in [0.25, 0.3) is 0 Å². The van der Waals surface area contributed by atoms with Crippen LogP contribution in [-0.4, -0.2) is 26.2 Å². The number of hydrogen-bond acceptors (Lipinski definition) is 4. The maximum absolute atomic E-state index is 5.75. The van der Waals surface area contributed by atoms with Crippen LogP contribution in [0.3, 0.4) is 0 Å². The SMILES string of the molecule is COc1cc(C)cc(C)c1CNCC(N)CN. The number of methoxy groups -OCH3 is 1. The summed E-state index contributed by atoms with van der Waals surface area (Å²) >= 11 is 0. The lowest BCUT2D eigenvalue weighted by atomic mass is 10.0. The molecule has 0 bridgehead atoms. The molecule has 0 amide bonds. The van der Waals surface area contributed by atoms with Crippen molar-refractivity contribution in [1.29, 1.82) is 0 Å². The van der Waals surface area contributed by atoms with E-state index in [2.05, 4.69) is 25.2 Å². The summed E-state index contributed by atoms with van der Waals surface area (Å²) < 4.78 is 5.39. The van der Waals surface area contributed by atoms with Gasteiger partial charge in [0.1, 0.15) is 5.75 Å². The molecule has 0 saturated carbocycles. The standard InChI is InChI=1S/C13H23N3O/c1-9-4-10(2)12(13(5-9)17-3)8-16-7-11(15)6-14/h4-5,11,16H,6-8,14-15H2,1-3H3. The van der Waals surface area contributed by atoms with Gasteiger partial charge in [0.05, 0.1) is 7.11 Å². The van der Waals surface area contributed by atoms with E-state index < -0.39 is 0 Å². The minimum Gasteiger partial charge on any atom is -0.496 e. The zero-order valence-electron chi connectivity index (χ0n) is 10.9. The van der Waals surface area contributed by atoms with Crippen LogP contribution >= 0.6 is 0 Å². The van der Waals surface area contributed by atoms with E-state index in [4.69, 9.17) is 16.2 Å². The average molecular weight is 237 g/mol. The molecule has 0 spiro atoms. The lowest BCUT2D eigenvalue weighted by molar-refractivity contribution is 0.406. The minimum atomic E-state index is 0.00625. The Hall–Kier alpha value is -1.10. The Kier molecular flexibility index (Phi) is 5.41. The minimum absolute atomic E-state index is 0.00625. The summed E-state index contributed by atoms with van der Waals surface area (Å²) in [4.78, 5) is 0. The Balaban J connectivity index is 2.69. The summed E-state index contributed by atoms with van der Waals surface area (Å²) in [6, 6.07) is 4.21. The van der Waals surface area contributed by atoms with Crippen LogP contribution in [0.1, 0.15) is 16.7 Å². The van der Waals surface area contributed by atoms with Crippen molar-refractivity contribution in [2.45, 2.75) is 26.4 Å². The zero-order valence-corrected chi connectivity index (χ0v) is 10.9. The van der Waals surface area contributed by atoms with Crippen LogP contribution in [0.15, 0.2) is 12.1 Å². The van der Waals surface area contributed by atoms with Crippen LogP contribution in [0, 0.1) is 13.8 Å². The van der Waals surface area contributed by atoms with E-state index in [0.717, 1.165) is 12.3 Å². The number of rotatable bonds is 6. The molecule has 96 valence electrons. The molecule has 0 aliphatic rings. The fourth-order valence-electron chi connectivity index (χ4n) is 1.83. The fourth-order valence-corrected chi connectivity index (χ4v) is 1.83. The van der Waals surface area contributed by atoms with Gasteiger partial charge in [-0.2, -0.15) is 0 Å². The van der Waals surface area contributed by atoms with Gasteiger partial charge in [-0.05, 0) is 31.0 Å². The van der Waals surface area contributed by atoms with Crippen molar-refractivity contribution in [3.8, 4) is 5.75 Å². The van der Waals surface area contributed by atoms with Gasteiger partial charge in [0, 0.05) is 31.2 Å². The van der Waals surface area contributed by atoms with Gasteiger partial charge in [-0.25, -0.2) is 0 Å². The molecule has 5 N–H and O–H groups in total. The van der Waals surface area contributed by atoms with E-state index in [1.807, 2.05) is 6.07 Å². The normalized spacial score (nSPS) is 12.5. The predicted octanol–water partition coefficient (Wildman–Crippen LogP) is 0.688. The molecular weight excluding hydrogens is 214 g/mol. The predicted molar refractivity (Wildman–Crippen MR) is 71.2 cm³/mol. The number of ether oxygens (including phenoxy) is 1. The van der Waals surface area contributed by atoms with Crippen molar-refractivity contribution >= 4 is 0 Å². The van der Waals surface area contributed by atoms with Crippen LogP contribution in [-0.2, 0) is 6.54 Å². The van der Waals surface area contributed by atoms with Crippen molar-refractivity contribution in [1.82, 2.24) is 5.32 Å². The molecule has 1 unspecified atom stereocenters. The first-order valence-electron chi connectivity index (χ1n) is 5.89. The first-order valence-corrected chi connectivity index (χ1v) is 5.89. The molecule has 4 heteroatoms. The third-order valence-electron chi connectivity index (χ3n) is 2.81. The van der Waals surface area contributed by atoms with Crippen molar-refractivity contribution in [3.63, 3.8) is 0 Å². The molecule has 0 aliphatic heterocycles. The van der Waals surface area contributed by atoms with Gasteiger partial charge in [0.2, 0.25) is 0 Å². The van der Waals surface area contributed by atoms with Gasteiger partial charge in [-0.1, -0.05) is 6.07 Å². The van der Waals surface area contributed by atoms with Crippen LogP contribution in [0.5, 0.6) is 5.75 Å². The summed E-state index contributed by atoms with van der Waals surface area (Å²) in [6.45, 7) is 6.12. The second-order valence-corrected chi connectivity index (χ2v) is 4.39. The van der Waals surface area contributed by atoms with E-state index in [1.165, 1.54) is 16.7 Å². The Morgan fingerprint density at radius 1 is 1.35 bits per heavy atom. The van der Waals surface area contributed by atoms with Crippen LogP contribution in [0.4, 0.5) is 0 Å². The highest BCUT2D eigenvalue weighted by atomic mass is 16.5. The number of nitrogens with two attached hydrogens (primary N) is 2. The van der Waals surface area contributed by atoms with Crippen molar-refractivity contribution in [2.75, 3.05) is 20.2 Å². The molecular formula is C13H23N3O. The summed E-state index contributed by atoms with van der Waals surface area (Å²) in [7, 11) is 1.70. The maximum atomic E-state index is 5.75. The van der Waals surface area contributed by atoms with Crippen molar-refractivity contribution in [3.05, 3.63) is 28.8 Å². The molecule has 0 heterocycles. The van der Waals surface area contributed by atoms with Gasteiger partial charge >= 0.3 is 0 Å². The number of benzene rings is 1. The first-order chi connectivity index (χ1) is 8.08. The summed E-state index contributed by atoms with van der Waals surface area (Å²) in [5.74, 6) is 0.927. The second-order valence-electron chi connectivity index (χ2n) is 4.39. The quantitative estimate of drug-likeness (QED) is 0.680. The van der Waals surface area contributed by atoms with Gasteiger partial charge in [-0.3, -0.25) is 0 Å². The fraction of sp³-hybridized carbons (Fsp3) is 0.538. The molecule has 0 radical (unpaired) electrons. The van der Waals surface area contributed by atoms with Gasteiger partial charge < -0.3 is 21.5 Å². The molecule has 1 rings (SSSR count). The van der Waals surface area contributed by atoms with Crippen LogP contribution in [0.2, 0.25) is 0 Å². The first kappa shape index (κ1) is 14.0. The molecule has 1 atom stereocenters. The summed E-state index contributed by atoms with van der Waals surface area (Å²) in [5.41, 5.74) is 14.8. The van der Waals surface area contributed by atoms with Gasteiger partial charge in [0.15, 0.2) is 0 Å². The van der Waals surface area contributed by atoms with Crippen LogP contribution < -0.4 is 21.5 Å².